The van der Waals surface area contributed by atoms with Crippen molar-refractivity contribution < 1.29 is 4.74 Å². The molecule has 0 aliphatic heterocycles. The summed E-state index contributed by atoms with van der Waals surface area (Å²) in [7, 11) is 1.62. The van der Waals surface area contributed by atoms with Crippen LogP contribution in [-0.4, -0.2) is 46.2 Å². The van der Waals surface area contributed by atoms with Crippen LogP contribution in [0.15, 0.2) is 12.1 Å². The number of pyridine rings is 1. The maximum atomic E-state index is 6.28. The highest BCUT2D eigenvalue weighted by molar-refractivity contribution is 6.20. The highest BCUT2D eigenvalue weighted by Crippen LogP contribution is 2.25. The molecule has 0 aliphatic rings. The molecule has 0 saturated heterocycles. The van der Waals surface area contributed by atoms with E-state index in [0.29, 0.717) is 5.88 Å². The lowest BCUT2D eigenvalue weighted by molar-refractivity contribution is 0.290. The molecule has 0 spiro atoms. The second-order valence-electron chi connectivity index (χ2n) is 4.96. The standard InChI is InChI=1S/C15H23ClN4O/c1-5-19(6-2)9-10-20-14(11(3)16)17-12-7-8-13(21-4)18-15(12)20/h7-8,11H,5-6,9-10H2,1-4H3. The Kier molecular flexibility index (Phi) is 5.42. The Hall–Kier alpha value is -1.33. The number of hydrogen-bond acceptors (Lipinski definition) is 4. The van der Waals surface area contributed by atoms with Gasteiger partial charge in [-0.2, -0.15) is 4.98 Å². The van der Waals surface area contributed by atoms with Crippen LogP contribution in [0.25, 0.3) is 11.2 Å². The summed E-state index contributed by atoms with van der Waals surface area (Å²) >= 11 is 6.28. The minimum atomic E-state index is -0.151. The van der Waals surface area contributed by atoms with Crippen LogP contribution < -0.4 is 4.74 Å². The van der Waals surface area contributed by atoms with E-state index in [0.717, 1.165) is 43.2 Å². The zero-order valence-electron chi connectivity index (χ0n) is 13.1. The summed E-state index contributed by atoms with van der Waals surface area (Å²) in [6.45, 7) is 10.1. The SMILES string of the molecule is CCN(CC)CCn1c(C(C)Cl)nc2ccc(OC)nc21. The Morgan fingerprint density at radius 2 is 2.00 bits per heavy atom. The van der Waals surface area contributed by atoms with Crippen LogP contribution in [0.4, 0.5) is 0 Å². The van der Waals surface area contributed by atoms with E-state index in [1.165, 1.54) is 0 Å². The molecule has 0 aromatic carbocycles. The summed E-state index contributed by atoms with van der Waals surface area (Å²) in [4.78, 5) is 11.5. The van der Waals surface area contributed by atoms with E-state index in [1.807, 2.05) is 19.1 Å². The highest BCUT2D eigenvalue weighted by atomic mass is 35.5. The van der Waals surface area contributed by atoms with Gasteiger partial charge in [0.15, 0.2) is 5.65 Å². The fraction of sp³-hybridized carbons (Fsp3) is 0.600. The number of aromatic nitrogens is 3. The van der Waals surface area contributed by atoms with Crippen molar-refractivity contribution in [2.45, 2.75) is 32.7 Å². The Morgan fingerprint density at radius 3 is 2.57 bits per heavy atom. The van der Waals surface area contributed by atoms with Gasteiger partial charge >= 0.3 is 0 Å². The largest absolute Gasteiger partial charge is 0.481 e. The Balaban J connectivity index is 2.39. The molecular formula is C15H23ClN4O. The van der Waals surface area contributed by atoms with Gasteiger partial charge in [0, 0.05) is 19.2 Å². The summed E-state index contributed by atoms with van der Waals surface area (Å²) in [5.41, 5.74) is 1.70. The summed E-state index contributed by atoms with van der Waals surface area (Å²) < 4.78 is 7.32. The van der Waals surface area contributed by atoms with Gasteiger partial charge in [0.25, 0.3) is 0 Å². The minimum Gasteiger partial charge on any atom is -0.481 e. The number of likely N-dealkylation sites (N-methyl/N-ethyl adjacent to an activating group) is 1. The Bertz CT molecular complexity index is 593. The third-order valence-corrected chi connectivity index (χ3v) is 3.89. The minimum absolute atomic E-state index is 0.151. The topological polar surface area (TPSA) is 43.2 Å². The first kappa shape index (κ1) is 16.0. The number of halogens is 1. The van der Waals surface area contributed by atoms with Crippen molar-refractivity contribution in [3.8, 4) is 5.88 Å². The number of ether oxygens (including phenoxy) is 1. The van der Waals surface area contributed by atoms with Crippen LogP contribution in [0.2, 0.25) is 0 Å². The quantitative estimate of drug-likeness (QED) is 0.737. The first-order chi connectivity index (χ1) is 10.1. The smallest absolute Gasteiger partial charge is 0.215 e. The van der Waals surface area contributed by atoms with Crippen molar-refractivity contribution in [2.75, 3.05) is 26.7 Å². The average molecular weight is 311 g/mol. The summed E-state index contributed by atoms with van der Waals surface area (Å²) in [6.07, 6.45) is 0. The van der Waals surface area contributed by atoms with E-state index in [9.17, 15) is 0 Å². The first-order valence-corrected chi connectivity index (χ1v) is 7.81. The van der Waals surface area contributed by atoms with E-state index in [1.54, 1.807) is 7.11 Å². The molecule has 0 saturated carbocycles. The fourth-order valence-electron chi connectivity index (χ4n) is 2.42. The van der Waals surface area contributed by atoms with Gasteiger partial charge in [-0.15, -0.1) is 11.6 Å². The van der Waals surface area contributed by atoms with Crippen molar-refractivity contribution >= 4 is 22.8 Å². The van der Waals surface area contributed by atoms with E-state index in [4.69, 9.17) is 16.3 Å². The van der Waals surface area contributed by atoms with Crippen LogP contribution in [0.5, 0.6) is 5.88 Å². The van der Waals surface area contributed by atoms with E-state index >= 15 is 0 Å². The molecule has 0 radical (unpaired) electrons. The average Bonchev–Trinajstić information content (AvgIpc) is 2.86. The lowest BCUT2D eigenvalue weighted by atomic mass is 10.4. The lowest BCUT2D eigenvalue weighted by Gasteiger charge is -2.19. The van der Waals surface area contributed by atoms with Crippen molar-refractivity contribution in [1.82, 2.24) is 19.4 Å². The molecule has 1 unspecified atom stereocenters. The number of hydrogen-bond donors (Lipinski definition) is 0. The number of fused-ring (bicyclic) bond motifs is 1. The van der Waals surface area contributed by atoms with Gasteiger partial charge in [-0.05, 0) is 26.1 Å². The summed E-state index contributed by atoms with van der Waals surface area (Å²) in [5, 5.41) is -0.151. The number of rotatable bonds is 7. The molecule has 2 aromatic heterocycles. The van der Waals surface area contributed by atoms with Crippen molar-refractivity contribution in [3.63, 3.8) is 0 Å². The maximum Gasteiger partial charge on any atom is 0.215 e. The molecule has 5 nitrogen and oxygen atoms in total. The number of alkyl halides is 1. The van der Waals surface area contributed by atoms with Crippen LogP contribution in [-0.2, 0) is 6.54 Å². The second kappa shape index (κ2) is 7.09. The first-order valence-electron chi connectivity index (χ1n) is 7.38. The van der Waals surface area contributed by atoms with Crippen LogP contribution in [0.1, 0.15) is 32.0 Å². The van der Waals surface area contributed by atoms with Gasteiger partial charge in [-0.3, -0.25) is 0 Å². The normalized spacial score (nSPS) is 13.0. The fourth-order valence-corrected chi connectivity index (χ4v) is 2.59. The van der Waals surface area contributed by atoms with Gasteiger partial charge in [0.05, 0.1) is 12.5 Å². The highest BCUT2D eigenvalue weighted by Gasteiger charge is 2.17. The Labute approximate surface area is 130 Å². The number of imidazole rings is 1. The molecule has 0 amide bonds. The molecule has 0 N–H and O–H groups in total. The summed E-state index contributed by atoms with van der Waals surface area (Å²) in [6, 6.07) is 3.75. The predicted octanol–water partition coefficient (Wildman–Crippen LogP) is 3.08. The van der Waals surface area contributed by atoms with E-state index in [-0.39, 0.29) is 5.38 Å². The number of nitrogens with zero attached hydrogens (tertiary/aromatic N) is 4. The molecule has 2 rings (SSSR count). The zero-order chi connectivity index (χ0) is 15.4. The van der Waals surface area contributed by atoms with Crippen LogP contribution in [0, 0.1) is 0 Å². The molecule has 2 aromatic rings. The second-order valence-corrected chi connectivity index (χ2v) is 5.62. The monoisotopic (exact) mass is 310 g/mol. The Morgan fingerprint density at radius 1 is 1.29 bits per heavy atom. The lowest BCUT2D eigenvalue weighted by Crippen LogP contribution is -2.27. The van der Waals surface area contributed by atoms with Gasteiger partial charge in [0.2, 0.25) is 5.88 Å². The van der Waals surface area contributed by atoms with E-state index in [2.05, 4.69) is 33.3 Å². The molecule has 116 valence electrons. The van der Waals surface area contributed by atoms with Gasteiger partial charge in [0.1, 0.15) is 11.3 Å². The van der Waals surface area contributed by atoms with Crippen molar-refractivity contribution in [1.29, 1.82) is 0 Å². The van der Waals surface area contributed by atoms with E-state index < -0.39 is 0 Å². The van der Waals surface area contributed by atoms with Crippen molar-refractivity contribution in [2.24, 2.45) is 0 Å². The summed E-state index contributed by atoms with van der Waals surface area (Å²) in [5.74, 6) is 1.46. The maximum absolute atomic E-state index is 6.28. The van der Waals surface area contributed by atoms with Gasteiger partial charge in [-0.1, -0.05) is 13.8 Å². The van der Waals surface area contributed by atoms with Crippen LogP contribution in [0.3, 0.4) is 0 Å². The molecule has 6 heteroatoms. The third kappa shape index (κ3) is 3.47. The zero-order valence-corrected chi connectivity index (χ0v) is 13.9. The molecule has 0 fully saturated rings. The molecule has 2 heterocycles. The van der Waals surface area contributed by atoms with Gasteiger partial charge in [-0.25, -0.2) is 4.98 Å². The van der Waals surface area contributed by atoms with Crippen LogP contribution >= 0.6 is 11.6 Å². The van der Waals surface area contributed by atoms with Crippen molar-refractivity contribution in [3.05, 3.63) is 18.0 Å². The third-order valence-electron chi connectivity index (χ3n) is 3.70. The number of methoxy groups -OCH3 is 1. The van der Waals surface area contributed by atoms with Gasteiger partial charge < -0.3 is 14.2 Å². The molecular weight excluding hydrogens is 288 g/mol. The molecule has 0 aliphatic carbocycles. The molecule has 21 heavy (non-hydrogen) atoms. The predicted molar refractivity (Wildman–Crippen MR) is 86.1 cm³/mol. The molecule has 0 bridgehead atoms. The molecule has 1 atom stereocenters.